The maximum absolute atomic E-state index is 9.45. The molecule has 0 aromatic heterocycles. The number of nitrogens with zero attached hydrogens (tertiary/aromatic N) is 2. The van der Waals surface area contributed by atoms with E-state index in [-0.39, 0.29) is 12.5 Å². The maximum atomic E-state index is 9.45. The summed E-state index contributed by atoms with van der Waals surface area (Å²) < 4.78 is 0. The van der Waals surface area contributed by atoms with E-state index >= 15 is 0 Å². The normalized spacial score (nSPS) is 27.6. The van der Waals surface area contributed by atoms with Crippen LogP contribution in [0, 0.1) is 28.6 Å². The Morgan fingerprint density at radius 2 is 1.95 bits per heavy atom. The van der Waals surface area contributed by atoms with Crippen LogP contribution in [0.4, 0.5) is 0 Å². The van der Waals surface area contributed by atoms with Gasteiger partial charge in [-0.15, -0.1) is 0 Å². The highest BCUT2D eigenvalue weighted by atomic mass is 16.3. The molecule has 1 aliphatic rings. The molecule has 0 aromatic carbocycles. The minimum absolute atomic E-state index is 0.136. The van der Waals surface area contributed by atoms with Gasteiger partial charge in [0.05, 0.1) is 18.6 Å². The van der Waals surface area contributed by atoms with Gasteiger partial charge in [-0.05, 0) is 43.6 Å². The van der Waals surface area contributed by atoms with Crippen molar-refractivity contribution >= 4 is 0 Å². The van der Waals surface area contributed by atoms with Crippen LogP contribution in [0.1, 0.15) is 59.8 Å². The van der Waals surface area contributed by atoms with Gasteiger partial charge in [0.2, 0.25) is 0 Å². The summed E-state index contributed by atoms with van der Waals surface area (Å²) in [7, 11) is 0. The third kappa shape index (κ3) is 4.20. The molecule has 1 saturated carbocycles. The molecule has 0 aliphatic heterocycles. The fourth-order valence-electron chi connectivity index (χ4n) is 3.56. The third-order valence-electron chi connectivity index (χ3n) is 5.37. The smallest absolute Gasteiger partial charge is 0.0672 e. The summed E-state index contributed by atoms with van der Waals surface area (Å²) in [5.74, 6) is 0.831. The van der Waals surface area contributed by atoms with E-state index in [0.29, 0.717) is 23.9 Å². The molecule has 0 spiro atoms. The van der Waals surface area contributed by atoms with Gasteiger partial charge in [0.25, 0.3) is 0 Å². The maximum Gasteiger partial charge on any atom is 0.0672 e. The Kier molecular flexibility index (Phi) is 6.99. The lowest BCUT2D eigenvalue weighted by atomic mass is 9.66. The largest absolute Gasteiger partial charge is 0.395 e. The SMILES string of the molecule is CCCN(CCO)C1CC(C(C)(C)CC)CCC1C#N. The molecule has 3 nitrogen and oxygen atoms in total. The first-order valence-electron chi connectivity index (χ1n) is 8.24. The molecule has 1 N–H and O–H groups in total. The molecule has 20 heavy (non-hydrogen) atoms. The molecule has 0 heterocycles. The van der Waals surface area contributed by atoms with Crippen molar-refractivity contribution in [1.82, 2.24) is 4.90 Å². The average molecular weight is 280 g/mol. The summed E-state index contributed by atoms with van der Waals surface area (Å²) in [4.78, 5) is 2.35. The van der Waals surface area contributed by atoms with E-state index in [4.69, 9.17) is 0 Å². The molecule has 3 heteroatoms. The molecular formula is C17H32N2O. The van der Waals surface area contributed by atoms with Crippen LogP contribution in [0.3, 0.4) is 0 Å². The number of nitriles is 1. The Bertz CT molecular complexity index is 315. The fraction of sp³-hybridized carbons (Fsp3) is 0.941. The van der Waals surface area contributed by atoms with Crippen molar-refractivity contribution in [3.05, 3.63) is 0 Å². The Hall–Kier alpha value is -0.590. The first kappa shape index (κ1) is 17.5. The summed E-state index contributed by atoms with van der Waals surface area (Å²) in [5, 5.41) is 18.8. The van der Waals surface area contributed by atoms with Gasteiger partial charge in [0.15, 0.2) is 0 Å². The lowest BCUT2D eigenvalue weighted by molar-refractivity contribution is 0.0426. The highest BCUT2D eigenvalue weighted by Gasteiger charge is 2.39. The quantitative estimate of drug-likeness (QED) is 0.777. The minimum atomic E-state index is 0.136. The predicted octanol–water partition coefficient (Wildman–Crippen LogP) is 3.44. The second kappa shape index (κ2) is 8.00. The Balaban J connectivity index is 2.84. The zero-order valence-corrected chi connectivity index (χ0v) is 13.7. The topological polar surface area (TPSA) is 47.3 Å². The molecule has 1 rings (SSSR count). The van der Waals surface area contributed by atoms with Crippen molar-refractivity contribution in [2.75, 3.05) is 19.7 Å². The second-order valence-corrected chi connectivity index (χ2v) is 6.91. The second-order valence-electron chi connectivity index (χ2n) is 6.91. The highest BCUT2D eigenvalue weighted by molar-refractivity contribution is 4.99. The average Bonchev–Trinajstić information content (AvgIpc) is 2.46. The number of hydrogen-bond acceptors (Lipinski definition) is 3. The van der Waals surface area contributed by atoms with Gasteiger partial charge in [-0.2, -0.15) is 5.26 Å². The van der Waals surface area contributed by atoms with E-state index in [1.165, 1.54) is 12.8 Å². The summed E-state index contributed by atoms with van der Waals surface area (Å²) in [6.07, 6.45) is 5.57. The van der Waals surface area contributed by atoms with Gasteiger partial charge in [0, 0.05) is 12.6 Å². The molecular weight excluding hydrogens is 248 g/mol. The Labute approximate surface area is 125 Å². The molecule has 0 aromatic rings. The van der Waals surface area contributed by atoms with Gasteiger partial charge in [-0.1, -0.05) is 34.1 Å². The van der Waals surface area contributed by atoms with Crippen LogP contribution in [0.5, 0.6) is 0 Å². The summed E-state index contributed by atoms with van der Waals surface area (Å²) in [6, 6.07) is 2.85. The van der Waals surface area contributed by atoms with Crippen molar-refractivity contribution < 1.29 is 5.11 Å². The number of hydrogen-bond donors (Lipinski definition) is 1. The molecule has 0 bridgehead atoms. The van der Waals surface area contributed by atoms with Crippen LogP contribution in [0.25, 0.3) is 0 Å². The van der Waals surface area contributed by atoms with Crippen LogP contribution in [-0.2, 0) is 0 Å². The fourth-order valence-corrected chi connectivity index (χ4v) is 3.56. The van der Waals surface area contributed by atoms with Crippen LogP contribution in [-0.4, -0.2) is 35.7 Å². The summed E-state index contributed by atoms with van der Waals surface area (Å²) in [5.41, 5.74) is 0.357. The third-order valence-corrected chi connectivity index (χ3v) is 5.37. The molecule has 116 valence electrons. The molecule has 3 unspecified atom stereocenters. The van der Waals surface area contributed by atoms with E-state index in [9.17, 15) is 10.4 Å². The van der Waals surface area contributed by atoms with Gasteiger partial charge in [-0.3, -0.25) is 4.90 Å². The Morgan fingerprint density at radius 1 is 1.25 bits per heavy atom. The van der Waals surface area contributed by atoms with E-state index in [2.05, 4.69) is 38.7 Å². The van der Waals surface area contributed by atoms with Gasteiger partial charge < -0.3 is 5.11 Å². The summed E-state index contributed by atoms with van der Waals surface area (Å²) in [6.45, 7) is 11.0. The van der Waals surface area contributed by atoms with Crippen LogP contribution in [0.15, 0.2) is 0 Å². The molecule has 0 amide bonds. The molecule has 0 saturated heterocycles. The zero-order chi connectivity index (χ0) is 15.2. The van der Waals surface area contributed by atoms with E-state index in [1.54, 1.807) is 0 Å². The minimum Gasteiger partial charge on any atom is -0.395 e. The Morgan fingerprint density at radius 3 is 2.45 bits per heavy atom. The number of rotatable bonds is 7. The molecule has 3 atom stereocenters. The van der Waals surface area contributed by atoms with Crippen molar-refractivity contribution in [2.45, 2.75) is 65.8 Å². The monoisotopic (exact) mass is 280 g/mol. The number of aliphatic hydroxyl groups excluding tert-OH is 1. The van der Waals surface area contributed by atoms with Crippen LogP contribution in [0.2, 0.25) is 0 Å². The lowest BCUT2D eigenvalue weighted by Gasteiger charge is -2.45. The molecule has 1 aliphatic carbocycles. The van der Waals surface area contributed by atoms with Gasteiger partial charge >= 0.3 is 0 Å². The van der Waals surface area contributed by atoms with Gasteiger partial charge in [0.1, 0.15) is 0 Å². The van der Waals surface area contributed by atoms with Crippen molar-refractivity contribution in [1.29, 1.82) is 5.26 Å². The lowest BCUT2D eigenvalue weighted by Crippen LogP contribution is -2.47. The van der Waals surface area contributed by atoms with Crippen LogP contribution < -0.4 is 0 Å². The predicted molar refractivity (Wildman–Crippen MR) is 83.3 cm³/mol. The highest BCUT2D eigenvalue weighted by Crippen LogP contribution is 2.43. The van der Waals surface area contributed by atoms with Crippen molar-refractivity contribution in [3.63, 3.8) is 0 Å². The summed E-state index contributed by atoms with van der Waals surface area (Å²) >= 11 is 0. The van der Waals surface area contributed by atoms with E-state index in [0.717, 1.165) is 25.8 Å². The number of aliphatic hydroxyl groups is 1. The zero-order valence-electron chi connectivity index (χ0n) is 13.7. The first-order valence-corrected chi connectivity index (χ1v) is 8.24. The standard InChI is InChI=1S/C17H32N2O/c1-5-9-19(10-11-20)16-12-15(17(3,4)6-2)8-7-14(16)13-18/h14-16,20H,5-12H2,1-4H3. The van der Waals surface area contributed by atoms with Crippen molar-refractivity contribution in [3.8, 4) is 6.07 Å². The van der Waals surface area contributed by atoms with E-state index in [1.807, 2.05) is 0 Å². The molecule has 1 fully saturated rings. The molecule has 0 radical (unpaired) electrons. The van der Waals surface area contributed by atoms with Crippen LogP contribution >= 0.6 is 0 Å². The van der Waals surface area contributed by atoms with Gasteiger partial charge in [-0.25, -0.2) is 0 Å². The first-order chi connectivity index (χ1) is 9.50. The van der Waals surface area contributed by atoms with Crippen molar-refractivity contribution in [2.24, 2.45) is 17.3 Å². The van der Waals surface area contributed by atoms with E-state index < -0.39 is 0 Å².